The van der Waals surface area contributed by atoms with Crippen molar-refractivity contribution in [3.63, 3.8) is 0 Å². The maximum atomic E-state index is 13.7. The predicted octanol–water partition coefficient (Wildman–Crippen LogP) is 6.77. The van der Waals surface area contributed by atoms with Gasteiger partial charge in [-0.05, 0) is 67.1 Å². The minimum atomic E-state index is -0.302. The Labute approximate surface area is 197 Å². The van der Waals surface area contributed by atoms with E-state index in [2.05, 4.69) is 5.32 Å². The van der Waals surface area contributed by atoms with Crippen LogP contribution in [-0.4, -0.2) is 17.1 Å². The van der Waals surface area contributed by atoms with Gasteiger partial charge in [-0.1, -0.05) is 43.3 Å². The monoisotopic (exact) mass is 456 g/mol. The van der Waals surface area contributed by atoms with Crippen LogP contribution in [0.25, 0.3) is 0 Å². The van der Waals surface area contributed by atoms with E-state index >= 15 is 0 Å². The minimum absolute atomic E-state index is 0.0232. The van der Waals surface area contributed by atoms with Crippen LogP contribution in [-0.2, 0) is 4.79 Å². The second-order valence-electron chi connectivity index (χ2n) is 7.32. The van der Waals surface area contributed by atoms with Crippen LogP contribution in [0.15, 0.2) is 113 Å². The number of hydrogen-bond donors (Lipinski definition) is 1. The van der Waals surface area contributed by atoms with Gasteiger partial charge in [0.15, 0.2) is 5.76 Å². The van der Waals surface area contributed by atoms with Gasteiger partial charge in [-0.25, -0.2) is 0 Å². The number of thioether (sulfide) groups is 1. The van der Waals surface area contributed by atoms with Gasteiger partial charge >= 0.3 is 0 Å². The van der Waals surface area contributed by atoms with E-state index in [4.69, 9.17) is 4.42 Å². The number of nitrogens with one attached hydrogen (secondary N) is 1. The van der Waals surface area contributed by atoms with Crippen LogP contribution in [0.5, 0.6) is 0 Å². The number of hydrogen-bond acceptors (Lipinski definition) is 4. The van der Waals surface area contributed by atoms with Crippen LogP contribution in [0.3, 0.4) is 0 Å². The molecule has 0 saturated heterocycles. The fourth-order valence-electron chi connectivity index (χ4n) is 3.39. The number of amides is 2. The number of furan rings is 1. The van der Waals surface area contributed by atoms with Crippen LogP contribution in [0.2, 0.25) is 0 Å². The number of nitrogens with zero attached hydrogens (tertiary/aromatic N) is 1. The third-order valence-electron chi connectivity index (χ3n) is 5.03. The molecule has 1 unspecified atom stereocenters. The van der Waals surface area contributed by atoms with E-state index in [1.165, 1.54) is 18.0 Å². The summed E-state index contributed by atoms with van der Waals surface area (Å²) in [4.78, 5) is 28.5. The van der Waals surface area contributed by atoms with Gasteiger partial charge in [-0.15, -0.1) is 11.8 Å². The van der Waals surface area contributed by atoms with Crippen molar-refractivity contribution in [2.45, 2.75) is 23.5 Å². The van der Waals surface area contributed by atoms with Crippen LogP contribution in [0, 0.1) is 0 Å². The molecular formula is C27H24N2O3S. The largest absolute Gasteiger partial charge is 0.459 e. The smallest absolute Gasteiger partial charge is 0.291 e. The molecule has 0 radical (unpaired) electrons. The zero-order chi connectivity index (χ0) is 23.0. The molecule has 3 aromatic carbocycles. The van der Waals surface area contributed by atoms with Gasteiger partial charge in [0, 0.05) is 22.0 Å². The van der Waals surface area contributed by atoms with Crippen LogP contribution in [0.1, 0.15) is 23.9 Å². The molecule has 0 aliphatic carbocycles. The summed E-state index contributed by atoms with van der Waals surface area (Å²) in [6, 6.07) is 30.1. The number of para-hydroxylation sites is 2. The lowest BCUT2D eigenvalue weighted by molar-refractivity contribution is -0.117. The topological polar surface area (TPSA) is 62.6 Å². The van der Waals surface area contributed by atoms with Crippen molar-refractivity contribution in [1.82, 2.24) is 0 Å². The number of benzene rings is 3. The van der Waals surface area contributed by atoms with Gasteiger partial charge in [0.25, 0.3) is 5.91 Å². The highest BCUT2D eigenvalue weighted by molar-refractivity contribution is 8.00. The highest BCUT2D eigenvalue weighted by Crippen LogP contribution is 2.33. The molecule has 0 aliphatic rings. The second-order valence-corrected chi connectivity index (χ2v) is 8.59. The van der Waals surface area contributed by atoms with Crippen molar-refractivity contribution in [2.24, 2.45) is 0 Å². The number of rotatable bonds is 8. The van der Waals surface area contributed by atoms with Gasteiger partial charge in [0.05, 0.1) is 11.5 Å². The second kappa shape index (κ2) is 10.7. The molecule has 4 rings (SSSR count). The standard InChI is InChI=1S/C27H24N2O3S/c1-2-25(27(31)29(21-10-5-3-6-11-21)22-12-7-4-8-13-22)33-23-17-15-20(16-18-23)28-26(30)24-14-9-19-32-24/h3-19,25H,2H2,1H3,(H,28,30). The van der Waals surface area contributed by atoms with Crippen LogP contribution in [0.4, 0.5) is 17.1 Å². The molecule has 5 nitrogen and oxygen atoms in total. The lowest BCUT2D eigenvalue weighted by atomic mass is 10.2. The highest BCUT2D eigenvalue weighted by atomic mass is 32.2. The van der Waals surface area contributed by atoms with Gasteiger partial charge in [0.1, 0.15) is 0 Å². The first kappa shape index (κ1) is 22.4. The summed E-state index contributed by atoms with van der Waals surface area (Å²) in [5.41, 5.74) is 2.34. The summed E-state index contributed by atoms with van der Waals surface area (Å²) in [6.45, 7) is 2.02. The van der Waals surface area contributed by atoms with Gasteiger partial charge in [0.2, 0.25) is 5.91 Å². The Kier molecular flexibility index (Phi) is 7.27. The van der Waals surface area contributed by atoms with E-state index in [0.717, 1.165) is 16.3 Å². The molecule has 166 valence electrons. The summed E-state index contributed by atoms with van der Waals surface area (Å²) >= 11 is 1.52. The predicted molar refractivity (Wildman–Crippen MR) is 133 cm³/mol. The van der Waals surface area contributed by atoms with Crippen molar-refractivity contribution < 1.29 is 14.0 Å². The van der Waals surface area contributed by atoms with Crippen LogP contribution >= 0.6 is 11.8 Å². The molecule has 4 aromatic rings. The van der Waals surface area contributed by atoms with Gasteiger partial charge < -0.3 is 9.73 Å². The Hall–Kier alpha value is -3.77. The van der Waals surface area contributed by atoms with E-state index < -0.39 is 0 Å². The molecule has 0 bridgehead atoms. The molecule has 6 heteroatoms. The average Bonchev–Trinajstić information content (AvgIpc) is 3.40. The van der Waals surface area contributed by atoms with Crippen molar-refractivity contribution in [3.05, 3.63) is 109 Å². The summed E-state index contributed by atoms with van der Waals surface area (Å²) in [5.74, 6) is -0.0227. The number of anilines is 3. The summed E-state index contributed by atoms with van der Waals surface area (Å²) < 4.78 is 5.12. The maximum Gasteiger partial charge on any atom is 0.291 e. The zero-order valence-electron chi connectivity index (χ0n) is 18.2. The first-order valence-electron chi connectivity index (χ1n) is 10.7. The van der Waals surface area contributed by atoms with Crippen molar-refractivity contribution >= 4 is 40.6 Å². The van der Waals surface area contributed by atoms with E-state index in [9.17, 15) is 9.59 Å². The maximum absolute atomic E-state index is 13.7. The van der Waals surface area contributed by atoms with E-state index in [1.54, 1.807) is 17.0 Å². The molecule has 2 amide bonds. The Balaban J connectivity index is 1.50. The van der Waals surface area contributed by atoms with Gasteiger partial charge in [-0.3, -0.25) is 14.5 Å². The first-order chi connectivity index (χ1) is 16.2. The van der Waals surface area contributed by atoms with Crippen molar-refractivity contribution in [2.75, 3.05) is 10.2 Å². The number of carbonyl (C=O) groups excluding carboxylic acids is 2. The third kappa shape index (κ3) is 5.54. The minimum Gasteiger partial charge on any atom is -0.459 e. The quantitative estimate of drug-likeness (QED) is 0.297. The molecule has 0 spiro atoms. The SMILES string of the molecule is CCC(Sc1ccc(NC(=O)c2ccco2)cc1)C(=O)N(c1ccccc1)c1ccccc1. The molecule has 33 heavy (non-hydrogen) atoms. The zero-order valence-corrected chi connectivity index (χ0v) is 19.0. The Morgan fingerprint density at radius 2 is 1.45 bits per heavy atom. The van der Waals surface area contributed by atoms with Crippen molar-refractivity contribution in [1.29, 1.82) is 0 Å². The molecule has 1 aromatic heterocycles. The fourth-order valence-corrected chi connectivity index (χ4v) is 4.39. The third-order valence-corrected chi connectivity index (χ3v) is 6.39. The Morgan fingerprint density at radius 3 is 1.97 bits per heavy atom. The molecule has 1 N–H and O–H groups in total. The van der Waals surface area contributed by atoms with Gasteiger partial charge in [-0.2, -0.15) is 0 Å². The van der Waals surface area contributed by atoms with Crippen LogP contribution < -0.4 is 10.2 Å². The average molecular weight is 457 g/mol. The molecule has 0 fully saturated rings. The van der Waals surface area contributed by atoms with E-state index in [-0.39, 0.29) is 22.8 Å². The Bertz CT molecular complexity index is 1140. The Morgan fingerprint density at radius 1 is 0.848 bits per heavy atom. The summed E-state index contributed by atoms with van der Waals surface area (Å²) in [6.07, 6.45) is 2.14. The molecule has 0 aliphatic heterocycles. The highest BCUT2D eigenvalue weighted by Gasteiger charge is 2.26. The van der Waals surface area contributed by atoms with E-state index in [0.29, 0.717) is 12.1 Å². The molecular weight excluding hydrogens is 432 g/mol. The summed E-state index contributed by atoms with van der Waals surface area (Å²) in [7, 11) is 0. The lowest BCUT2D eigenvalue weighted by Gasteiger charge is -2.27. The fraction of sp³-hybridized carbons (Fsp3) is 0.111. The van der Waals surface area contributed by atoms with E-state index in [1.807, 2.05) is 91.9 Å². The molecule has 0 saturated carbocycles. The van der Waals surface area contributed by atoms with Crippen molar-refractivity contribution in [3.8, 4) is 0 Å². The molecule has 1 atom stereocenters. The number of carbonyl (C=O) groups is 2. The molecule has 1 heterocycles. The first-order valence-corrected chi connectivity index (χ1v) is 11.6. The lowest BCUT2D eigenvalue weighted by Crippen LogP contribution is -2.34. The normalized spacial score (nSPS) is 11.5. The summed E-state index contributed by atoms with van der Waals surface area (Å²) in [5, 5.41) is 2.54.